The first-order valence-electron chi connectivity index (χ1n) is 13.8. The van der Waals surface area contributed by atoms with Gasteiger partial charge in [-0.15, -0.1) is 0 Å². The minimum Gasteiger partial charge on any atom is -0.293 e. The molecule has 3 heteroatoms. The van der Waals surface area contributed by atoms with Crippen molar-refractivity contribution in [3.63, 3.8) is 0 Å². The van der Waals surface area contributed by atoms with Crippen LogP contribution in [0.15, 0.2) is 88.7 Å². The Labute approximate surface area is 238 Å². The van der Waals surface area contributed by atoms with Gasteiger partial charge < -0.3 is 0 Å². The Morgan fingerprint density at radius 3 is 1.90 bits per heavy atom. The second-order valence-electron chi connectivity index (χ2n) is 10.9. The molecule has 39 heavy (non-hydrogen) atoms. The van der Waals surface area contributed by atoms with Gasteiger partial charge in [-0.2, -0.15) is 0 Å². The molecule has 214 valence electrons. The number of aryl methyl sites for hydroxylation is 3. The van der Waals surface area contributed by atoms with Gasteiger partial charge in [-0.25, -0.2) is 8.78 Å². The van der Waals surface area contributed by atoms with Gasteiger partial charge in [0.05, 0.1) is 0 Å². The summed E-state index contributed by atoms with van der Waals surface area (Å²) in [4.78, 5) is 4.36. The fourth-order valence-corrected chi connectivity index (χ4v) is 3.67. The van der Waals surface area contributed by atoms with Crippen molar-refractivity contribution in [3.05, 3.63) is 117 Å². The smallest absolute Gasteiger partial charge is 0.126 e. The van der Waals surface area contributed by atoms with E-state index in [1.165, 1.54) is 22.8 Å². The maximum atomic E-state index is 13.2. The highest BCUT2D eigenvalue weighted by molar-refractivity contribution is 5.83. The number of allylic oxidation sites excluding steroid dienone is 6. The molecule has 0 N–H and O–H groups in total. The normalized spacial score (nSPS) is 11.8. The lowest BCUT2D eigenvalue weighted by Gasteiger charge is -2.16. The van der Waals surface area contributed by atoms with Gasteiger partial charge in [-0.3, -0.25) is 4.99 Å². The Bertz CT molecular complexity index is 1130. The van der Waals surface area contributed by atoms with Crippen molar-refractivity contribution in [1.29, 1.82) is 0 Å². The number of rotatable bonds is 8. The topological polar surface area (TPSA) is 12.4 Å². The second kappa shape index (κ2) is 18.3. The first-order valence-corrected chi connectivity index (χ1v) is 13.8. The highest BCUT2D eigenvalue weighted by Gasteiger charge is 2.10. The van der Waals surface area contributed by atoms with E-state index in [1.54, 1.807) is 19.1 Å². The van der Waals surface area contributed by atoms with Gasteiger partial charge in [-0.1, -0.05) is 76.3 Å². The Kier molecular flexibility index (Phi) is 16.8. The monoisotopic (exact) mass is 535 g/mol. The van der Waals surface area contributed by atoms with Crippen LogP contribution in [0.4, 0.5) is 8.78 Å². The van der Waals surface area contributed by atoms with Crippen LogP contribution < -0.4 is 0 Å². The Morgan fingerprint density at radius 2 is 1.49 bits per heavy atom. The van der Waals surface area contributed by atoms with Crippen molar-refractivity contribution in [2.24, 2.45) is 10.9 Å². The molecule has 2 rings (SSSR count). The maximum absolute atomic E-state index is 13.2. The summed E-state index contributed by atoms with van der Waals surface area (Å²) >= 11 is 0. The fraction of sp³-hybridized carbons (Fsp3) is 0.417. The van der Waals surface area contributed by atoms with Gasteiger partial charge in [-0.05, 0) is 124 Å². The van der Waals surface area contributed by atoms with Gasteiger partial charge >= 0.3 is 0 Å². The Morgan fingerprint density at radius 1 is 0.923 bits per heavy atom. The molecule has 0 fully saturated rings. The number of nitrogens with zero attached hydrogens (tertiary/aromatic N) is 1. The van der Waals surface area contributed by atoms with E-state index in [2.05, 4.69) is 84.0 Å². The molecule has 0 bridgehead atoms. The number of aliphatic imine (C=N–C) groups is 1. The van der Waals surface area contributed by atoms with Crippen LogP contribution in [0.5, 0.6) is 0 Å². The number of hydrogen-bond acceptors (Lipinski definition) is 1. The highest BCUT2D eigenvalue weighted by Crippen LogP contribution is 2.25. The lowest BCUT2D eigenvalue weighted by Crippen LogP contribution is -2.02. The van der Waals surface area contributed by atoms with E-state index in [-0.39, 0.29) is 11.6 Å². The van der Waals surface area contributed by atoms with Crippen LogP contribution in [0, 0.1) is 32.5 Å². The number of hydrogen-bond donors (Lipinski definition) is 0. The molecule has 0 aliphatic heterocycles. The summed E-state index contributed by atoms with van der Waals surface area (Å²) in [5.41, 5.74) is 9.23. The second-order valence-corrected chi connectivity index (χ2v) is 10.9. The van der Waals surface area contributed by atoms with Crippen LogP contribution in [0.3, 0.4) is 0 Å². The van der Waals surface area contributed by atoms with E-state index < -0.39 is 0 Å². The average molecular weight is 536 g/mol. The van der Waals surface area contributed by atoms with E-state index >= 15 is 0 Å². The first-order chi connectivity index (χ1) is 18.1. The summed E-state index contributed by atoms with van der Waals surface area (Å²) in [6.45, 7) is 30.4. The van der Waals surface area contributed by atoms with Crippen LogP contribution in [0.25, 0.3) is 0 Å². The lowest BCUT2D eigenvalue weighted by atomic mass is 9.89. The van der Waals surface area contributed by atoms with Crippen molar-refractivity contribution >= 4 is 6.21 Å². The Balaban J connectivity index is 0.000000555. The number of halogens is 2. The zero-order chi connectivity index (χ0) is 30.3. The Hall–Kier alpha value is -3.07. The maximum Gasteiger partial charge on any atom is 0.126 e. The summed E-state index contributed by atoms with van der Waals surface area (Å²) in [7, 11) is 0. The highest BCUT2D eigenvalue weighted by atomic mass is 19.1. The van der Waals surface area contributed by atoms with Crippen LogP contribution >= 0.6 is 0 Å². The fourth-order valence-electron chi connectivity index (χ4n) is 3.67. The van der Waals surface area contributed by atoms with Crippen molar-refractivity contribution < 1.29 is 8.78 Å². The van der Waals surface area contributed by atoms with E-state index in [0.29, 0.717) is 17.4 Å². The molecule has 0 aromatic heterocycles. The van der Waals surface area contributed by atoms with Crippen LogP contribution in [0.2, 0.25) is 0 Å². The minimum absolute atomic E-state index is 0.123. The zero-order valence-electron chi connectivity index (χ0n) is 26.3. The summed E-state index contributed by atoms with van der Waals surface area (Å²) in [6.07, 6.45) is 4.59. The number of benzene rings is 2. The van der Waals surface area contributed by atoms with E-state index in [9.17, 15) is 8.78 Å². The molecule has 2 aromatic rings. The van der Waals surface area contributed by atoms with Gasteiger partial charge in [0.15, 0.2) is 0 Å². The average Bonchev–Trinajstić information content (AvgIpc) is 2.83. The van der Waals surface area contributed by atoms with Crippen molar-refractivity contribution in [2.75, 3.05) is 6.54 Å². The third-order valence-electron chi connectivity index (χ3n) is 6.38. The molecule has 2 aromatic carbocycles. The molecule has 0 amide bonds. The molecule has 0 radical (unpaired) electrons. The lowest BCUT2D eigenvalue weighted by molar-refractivity contribution is 0.529. The van der Waals surface area contributed by atoms with Crippen LogP contribution in [0.1, 0.15) is 95.5 Å². The summed E-state index contributed by atoms with van der Waals surface area (Å²) in [5, 5.41) is 0. The molecular formula is C36H51F2N. The molecule has 0 aliphatic rings. The van der Waals surface area contributed by atoms with Crippen molar-refractivity contribution in [1.82, 2.24) is 0 Å². The predicted octanol–water partition coefficient (Wildman–Crippen LogP) is 11.4. The SMILES string of the molecule is C=C(C)C(/C=C(/F)C(=C)C)=C(C)C.CCCN=Cc1c(C)cccc1C.Cc1cc(F)cc(C(C)C(C)C)c1. The minimum atomic E-state index is -0.279. The van der Waals surface area contributed by atoms with E-state index in [1.807, 2.05) is 33.9 Å². The van der Waals surface area contributed by atoms with E-state index in [4.69, 9.17) is 0 Å². The predicted molar refractivity (Wildman–Crippen MR) is 170 cm³/mol. The summed E-state index contributed by atoms with van der Waals surface area (Å²) < 4.78 is 26.2. The van der Waals surface area contributed by atoms with Crippen LogP contribution in [-0.2, 0) is 0 Å². The van der Waals surface area contributed by atoms with Crippen LogP contribution in [-0.4, -0.2) is 12.8 Å². The van der Waals surface area contributed by atoms with Gasteiger partial charge in [0.25, 0.3) is 0 Å². The zero-order valence-corrected chi connectivity index (χ0v) is 26.3. The molecule has 0 heterocycles. The largest absolute Gasteiger partial charge is 0.293 e. The quantitative estimate of drug-likeness (QED) is 0.235. The third-order valence-corrected chi connectivity index (χ3v) is 6.38. The molecule has 0 saturated heterocycles. The molecule has 1 atom stereocenters. The van der Waals surface area contributed by atoms with Gasteiger partial charge in [0.1, 0.15) is 11.6 Å². The van der Waals surface area contributed by atoms with Crippen molar-refractivity contribution in [2.45, 2.75) is 88.5 Å². The van der Waals surface area contributed by atoms with Gasteiger partial charge in [0.2, 0.25) is 0 Å². The molecule has 0 spiro atoms. The molecule has 1 unspecified atom stereocenters. The summed E-state index contributed by atoms with van der Waals surface area (Å²) in [6, 6.07) is 11.6. The molecule has 0 aliphatic carbocycles. The van der Waals surface area contributed by atoms with Gasteiger partial charge in [0, 0.05) is 12.8 Å². The first kappa shape index (κ1) is 35.9. The summed E-state index contributed by atoms with van der Waals surface area (Å²) in [5.74, 6) is 0.581. The molecule has 1 nitrogen and oxygen atoms in total. The standard InChI is InChI=1S/2C12H17F.C12H17N/c1-8(2)10(4)11-5-9(3)6-12(13)7-11;1-8(2)11(9(3)4)7-12(13)10(5)6;1-4-8-13-9-12-10(2)6-5-7-11(12)3/h5-8,10H,1-4H3;7H,1,5H2,2-4,6H3;5-7,9H,4,8H2,1-3H3/b;12-7+;. The molecular weight excluding hydrogens is 484 g/mol. The van der Waals surface area contributed by atoms with E-state index in [0.717, 1.165) is 40.8 Å². The molecule has 0 saturated carbocycles. The third kappa shape index (κ3) is 14.0. The van der Waals surface area contributed by atoms with Crippen molar-refractivity contribution in [3.8, 4) is 0 Å².